The van der Waals surface area contributed by atoms with Crippen molar-refractivity contribution >= 4 is 11.3 Å². The van der Waals surface area contributed by atoms with Crippen LogP contribution in [0.3, 0.4) is 0 Å². The summed E-state index contributed by atoms with van der Waals surface area (Å²) in [7, 11) is 0. The first-order chi connectivity index (χ1) is 7.40. The van der Waals surface area contributed by atoms with Crippen LogP contribution in [0.5, 0.6) is 0 Å². The third-order valence-electron chi connectivity index (χ3n) is 3.14. The summed E-state index contributed by atoms with van der Waals surface area (Å²) in [6, 6.07) is 0. The number of rotatable bonds is 5. The maximum Gasteiger partial charge on any atom is 0.0928 e. The van der Waals surface area contributed by atoms with Crippen molar-refractivity contribution in [3.63, 3.8) is 0 Å². The molecule has 15 heavy (non-hydrogen) atoms. The molecule has 0 atom stereocenters. The van der Waals surface area contributed by atoms with Crippen LogP contribution in [0.15, 0.2) is 5.38 Å². The molecule has 0 spiro atoms. The highest BCUT2D eigenvalue weighted by Crippen LogP contribution is 2.34. The van der Waals surface area contributed by atoms with Crippen molar-refractivity contribution in [1.82, 2.24) is 4.98 Å². The molecule has 0 saturated heterocycles. The lowest BCUT2D eigenvalue weighted by Gasteiger charge is -2.03. The van der Waals surface area contributed by atoms with E-state index >= 15 is 0 Å². The Balaban J connectivity index is 1.86. The van der Waals surface area contributed by atoms with Gasteiger partial charge in [0, 0.05) is 17.9 Å². The summed E-state index contributed by atoms with van der Waals surface area (Å²) < 4.78 is 0. The number of unbranched alkanes of at least 4 members (excludes halogenated alkanes) is 1. The fraction of sp³-hybridized carbons (Fsp3) is 0.750. The highest BCUT2D eigenvalue weighted by Gasteiger charge is 2.19. The van der Waals surface area contributed by atoms with Crippen molar-refractivity contribution < 1.29 is 5.11 Å². The number of hydrogen-bond acceptors (Lipinski definition) is 3. The van der Waals surface area contributed by atoms with Crippen LogP contribution in [0.25, 0.3) is 0 Å². The van der Waals surface area contributed by atoms with E-state index in [1.54, 1.807) is 11.3 Å². The molecule has 1 aliphatic rings. The van der Waals surface area contributed by atoms with Gasteiger partial charge in [-0.05, 0) is 32.1 Å². The summed E-state index contributed by atoms with van der Waals surface area (Å²) in [6.07, 6.45) is 8.42. The van der Waals surface area contributed by atoms with E-state index in [4.69, 9.17) is 10.1 Å². The molecule has 2 rings (SSSR count). The first-order valence-corrected chi connectivity index (χ1v) is 6.83. The molecule has 84 valence electrons. The second-order valence-corrected chi connectivity index (χ2v) is 5.27. The smallest absolute Gasteiger partial charge is 0.0928 e. The fourth-order valence-electron chi connectivity index (χ4n) is 2.24. The van der Waals surface area contributed by atoms with Gasteiger partial charge in [-0.25, -0.2) is 4.98 Å². The van der Waals surface area contributed by atoms with Crippen LogP contribution in [-0.4, -0.2) is 16.7 Å². The molecule has 2 nitrogen and oxygen atoms in total. The van der Waals surface area contributed by atoms with Crippen molar-refractivity contribution in [2.75, 3.05) is 6.61 Å². The summed E-state index contributed by atoms with van der Waals surface area (Å²) in [6.45, 7) is 0.306. The standard InChI is InChI=1S/C12H19NOS/c14-8-4-3-7-12-13-11(9-15-12)10-5-1-2-6-10/h9-10,14H,1-8H2. The summed E-state index contributed by atoms with van der Waals surface area (Å²) in [5, 5.41) is 12.2. The molecular weight excluding hydrogens is 206 g/mol. The summed E-state index contributed by atoms with van der Waals surface area (Å²) >= 11 is 1.79. The van der Waals surface area contributed by atoms with Gasteiger partial charge in [0.1, 0.15) is 0 Å². The molecule has 1 heterocycles. The maximum absolute atomic E-state index is 8.71. The monoisotopic (exact) mass is 225 g/mol. The van der Waals surface area contributed by atoms with Gasteiger partial charge in [0.15, 0.2) is 0 Å². The van der Waals surface area contributed by atoms with Crippen LogP contribution in [0, 0.1) is 0 Å². The lowest BCUT2D eigenvalue weighted by Crippen LogP contribution is -1.94. The normalized spacial score (nSPS) is 17.4. The number of aliphatic hydroxyl groups is 1. The average Bonchev–Trinajstić information content (AvgIpc) is 2.87. The van der Waals surface area contributed by atoms with Crippen molar-refractivity contribution in [2.45, 2.75) is 50.9 Å². The number of aromatic nitrogens is 1. The Morgan fingerprint density at radius 2 is 2.13 bits per heavy atom. The quantitative estimate of drug-likeness (QED) is 0.781. The third kappa shape index (κ3) is 3.02. The van der Waals surface area contributed by atoms with Crippen LogP contribution >= 0.6 is 11.3 Å². The van der Waals surface area contributed by atoms with Gasteiger partial charge in [-0.15, -0.1) is 11.3 Å². The van der Waals surface area contributed by atoms with Crippen molar-refractivity contribution in [3.8, 4) is 0 Å². The predicted octanol–water partition coefficient (Wildman–Crippen LogP) is 3.12. The molecule has 0 unspecified atom stereocenters. The summed E-state index contributed by atoms with van der Waals surface area (Å²) in [4.78, 5) is 4.70. The minimum Gasteiger partial charge on any atom is -0.396 e. The van der Waals surface area contributed by atoms with Gasteiger partial charge in [-0.2, -0.15) is 0 Å². The lowest BCUT2D eigenvalue weighted by atomic mass is 10.1. The Labute approximate surface area is 95.4 Å². The van der Waals surface area contributed by atoms with E-state index in [0.29, 0.717) is 6.61 Å². The van der Waals surface area contributed by atoms with Gasteiger partial charge >= 0.3 is 0 Å². The maximum atomic E-state index is 8.71. The number of nitrogens with zero attached hydrogens (tertiary/aromatic N) is 1. The Bertz CT molecular complexity index is 292. The number of aliphatic hydroxyl groups excluding tert-OH is 1. The van der Waals surface area contributed by atoms with E-state index < -0.39 is 0 Å². The molecule has 1 N–H and O–H groups in total. The van der Waals surface area contributed by atoms with Gasteiger partial charge in [-0.3, -0.25) is 0 Å². The first-order valence-electron chi connectivity index (χ1n) is 5.95. The molecule has 0 aliphatic heterocycles. The number of thiazole rings is 1. The van der Waals surface area contributed by atoms with Crippen LogP contribution in [0.1, 0.15) is 55.1 Å². The van der Waals surface area contributed by atoms with Gasteiger partial charge in [0.2, 0.25) is 0 Å². The Morgan fingerprint density at radius 3 is 2.87 bits per heavy atom. The highest BCUT2D eigenvalue weighted by atomic mass is 32.1. The molecule has 1 saturated carbocycles. The second kappa shape index (κ2) is 5.61. The molecular formula is C12H19NOS. The largest absolute Gasteiger partial charge is 0.396 e. The molecule has 0 aromatic carbocycles. The lowest BCUT2D eigenvalue weighted by molar-refractivity contribution is 0.284. The molecule has 0 bridgehead atoms. The van der Waals surface area contributed by atoms with Gasteiger partial charge in [0.05, 0.1) is 10.7 Å². The van der Waals surface area contributed by atoms with Crippen LogP contribution in [-0.2, 0) is 6.42 Å². The molecule has 0 amide bonds. The zero-order chi connectivity index (χ0) is 10.5. The molecule has 1 aliphatic carbocycles. The molecule has 1 fully saturated rings. The molecule has 1 aromatic heterocycles. The Hall–Kier alpha value is -0.410. The van der Waals surface area contributed by atoms with E-state index in [-0.39, 0.29) is 0 Å². The zero-order valence-corrected chi connectivity index (χ0v) is 9.93. The van der Waals surface area contributed by atoms with Crippen LogP contribution < -0.4 is 0 Å². The van der Waals surface area contributed by atoms with Gasteiger partial charge in [0.25, 0.3) is 0 Å². The fourth-order valence-corrected chi connectivity index (χ4v) is 3.16. The van der Waals surface area contributed by atoms with Crippen LogP contribution in [0.2, 0.25) is 0 Å². The Kier molecular flexibility index (Phi) is 4.15. The molecule has 3 heteroatoms. The zero-order valence-electron chi connectivity index (χ0n) is 9.11. The predicted molar refractivity (Wildman–Crippen MR) is 63.3 cm³/mol. The number of hydrogen-bond donors (Lipinski definition) is 1. The van der Waals surface area contributed by atoms with E-state index in [0.717, 1.165) is 25.2 Å². The van der Waals surface area contributed by atoms with Crippen molar-refractivity contribution in [2.24, 2.45) is 0 Å². The van der Waals surface area contributed by atoms with Crippen molar-refractivity contribution in [3.05, 3.63) is 16.1 Å². The van der Waals surface area contributed by atoms with E-state index in [1.165, 1.54) is 36.4 Å². The Morgan fingerprint density at radius 1 is 1.33 bits per heavy atom. The second-order valence-electron chi connectivity index (χ2n) is 4.33. The average molecular weight is 225 g/mol. The number of aryl methyl sites for hydroxylation is 1. The van der Waals surface area contributed by atoms with E-state index in [2.05, 4.69) is 5.38 Å². The SMILES string of the molecule is OCCCCc1nc(C2CCCC2)cs1. The van der Waals surface area contributed by atoms with Crippen molar-refractivity contribution in [1.29, 1.82) is 0 Å². The van der Waals surface area contributed by atoms with Gasteiger partial charge < -0.3 is 5.11 Å². The minimum atomic E-state index is 0.306. The van der Waals surface area contributed by atoms with Gasteiger partial charge in [-0.1, -0.05) is 12.8 Å². The molecule has 1 aromatic rings. The minimum absolute atomic E-state index is 0.306. The van der Waals surface area contributed by atoms with E-state index in [1.807, 2.05) is 0 Å². The summed E-state index contributed by atoms with van der Waals surface area (Å²) in [5.41, 5.74) is 1.33. The molecule has 0 radical (unpaired) electrons. The van der Waals surface area contributed by atoms with Crippen LogP contribution in [0.4, 0.5) is 0 Å². The highest BCUT2D eigenvalue weighted by molar-refractivity contribution is 7.09. The topological polar surface area (TPSA) is 33.1 Å². The first kappa shape index (κ1) is 11.1. The third-order valence-corrected chi connectivity index (χ3v) is 4.07. The summed E-state index contributed by atoms with van der Waals surface area (Å²) in [5.74, 6) is 0.743. The van der Waals surface area contributed by atoms with E-state index in [9.17, 15) is 0 Å².